The lowest BCUT2D eigenvalue weighted by Crippen LogP contribution is -2.16. The molecule has 5 heteroatoms. The molecule has 1 heterocycles. The first kappa shape index (κ1) is 15.1. The van der Waals surface area contributed by atoms with Gasteiger partial charge in [-0.25, -0.2) is 0 Å². The quantitative estimate of drug-likeness (QED) is 0.858. The molecule has 0 aliphatic heterocycles. The third-order valence-corrected chi connectivity index (χ3v) is 3.50. The van der Waals surface area contributed by atoms with Gasteiger partial charge < -0.3 is 10.1 Å². The zero-order valence-corrected chi connectivity index (χ0v) is 12.7. The number of anilines is 1. The van der Waals surface area contributed by atoms with Crippen molar-refractivity contribution in [3.8, 4) is 5.75 Å². The van der Waals surface area contributed by atoms with E-state index in [1.807, 2.05) is 39.0 Å². The van der Waals surface area contributed by atoms with Gasteiger partial charge in [0.25, 0.3) is 0 Å². The molecule has 2 rings (SSSR count). The van der Waals surface area contributed by atoms with Crippen LogP contribution in [0.2, 0.25) is 0 Å². The average molecular weight is 287 g/mol. The van der Waals surface area contributed by atoms with E-state index in [1.165, 1.54) is 5.56 Å². The summed E-state index contributed by atoms with van der Waals surface area (Å²) >= 11 is 0. The largest absolute Gasteiger partial charge is 0.493 e. The molecule has 0 unspecified atom stereocenters. The van der Waals surface area contributed by atoms with Crippen molar-refractivity contribution in [3.63, 3.8) is 0 Å². The number of hydrogen-bond donors (Lipinski definition) is 2. The van der Waals surface area contributed by atoms with E-state index in [1.54, 1.807) is 6.20 Å². The predicted octanol–water partition coefficient (Wildman–Crippen LogP) is 3.00. The zero-order chi connectivity index (χ0) is 15.2. The van der Waals surface area contributed by atoms with E-state index in [0.29, 0.717) is 18.8 Å². The highest BCUT2D eigenvalue weighted by molar-refractivity contribution is 5.90. The lowest BCUT2D eigenvalue weighted by Gasteiger charge is -2.10. The van der Waals surface area contributed by atoms with E-state index >= 15 is 0 Å². The van der Waals surface area contributed by atoms with Crippen LogP contribution in [-0.2, 0) is 11.2 Å². The number of hydrogen-bond acceptors (Lipinski definition) is 3. The van der Waals surface area contributed by atoms with Crippen molar-refractivity contribution in [3.05, 3.63) is 41.1 Å². The summed E-state index contributed by atoms with van der Waals surface area (Å²) in [5.74, 6) is 1.42. The van der Waals surface area contributed by atoms with Gasteiger partial charge in [-0.05, 0) is 37.5 Å². The number of benzene rings is 1. The number of carbonyl (C=O) groups excluding carboxylic acids is 1. The molecular formula is C16H21N3O2. The molecule has 0 spiro atoms. The molecule has 2 aromatic rings. The molecule has 1 amide bonds. The minimum absolute atomic E-state index is 0.0840. The molecule has 5 nitrogen and oxygen atoms in total. The normalized spacial score (nSPS) is 10.4. The highest BCUT2D eigenvalue weighted by Crippen LogP contribution is 2.20. The second-order valence-corrected chi connectivity index (χ2v) is 4.97. The van der Waals surface area contributed by atoms with Crippen molar-refractivity contribution in [2.45, 2.75) is 33.6 Å². The molecule has 0 aliphatic rings. The molecule has 0 atom stereocenters. The fraction of sp³-hybridized carbons (Fsp3) is 0.375. The van der Waals surface area contributed by atoms with Gasteiger partial charge in [0.1, 0.15) is 11.6 Å². The van der Waals surface area contributed by atoms with E-state index in [2.05, 4.69) is 15.5 Å². The van der Waals surface area contributed by atoms with Gasteiger partial charge in [-0.15, -0.1) is 0 Å². The van der Waals surface area contributed by atoms with Crippen LogP contribution in [0.25, 0.3) is 0 Å². The van der Waals surface area contributed by atoms with Crippen LogP contribution < -0.4 is 10.1 Å². The van der Waals surface area contributed by atoms with Gasteiger partial charge in [0.15, 0.2) is 0 Å². The average Bonchev–Trinajstić information content (AvgIpc) is 2.90. The minimum atomic E-state index is -0.0840. The van der Waals surface area contributed by atoms with Crippen LogP contribution in [0.5, 0.6) is 5.75 Å². The van der Waals surface area contributed by atoms with Gasteiger partial charge in [-0.3, -0.25) is 9.89 Å². The van der Waals surface area contributed by atoms with E-state index in [-0.39, 0.29) is 5.91 Å². The van der Waals surface area contributed by atoms with E-state index in [0.717, 1.165) is 23.3 Å². The summed E-state index contributed by atoms with van der Waals surface area (Å²) in [4.78, 5) is 11.9. The molecule has 0 aliphatic carbocycles. The fourth-order valence-corrected chi connectivity index (χ4v) is 2.02. The Morgan fingerprint density at radius 1 is 1.38 bits per heavy atom. The third kappa shape index (κ3) is 3.84. The molecule has 21 heavy (non-hydrogen) atoms. The number of aryl methyl sites for hydroxylation is 2. The molecule has 0 bridgehead atoms. The Morgan fingerprint density at radius 2 is 2.19 bits per heavy atom. The highest BCUT2D eigenvalue weighted by Gasteiger charge is 2.08. The predicted molar refractivity (Wildman–Crippen MR) is 82.6 cm³/mol. The van der Waals surface area contributed by atoms with Gasteiger partial charge in [0.05, 0.1) is 19.2 Å². The SMILES string of the molecule is CCc1cn[nH]c1NC(=O)CCOc1cccc(C)c1C. The summed E-state index contributed by atoms with van der Waals surface area (Å²) in [6.07, 6.45) is 2.85. The summed E-state index contributed by atoms with van der Waals surface area (Å²) in [6.45, 7) is 6.43. The van der Waals surface area contributed by atoms with Crippen molar-refractivity contribution in [1.29, 1.82) is 0 Å². The van der Waals surface area contributed by atoms with Gasteiger partial charge in [-0.2, -0.15) is 5.10 Å². The topological polar surface area (TPSA) is 67.0 Å². The molecule has 112 valence electrons. The van der Waals surface area contributed by atoms with Crippen LogP contribution in [-0.4, -0.2) is 22.7 Å². The molecule has 0 saturated heterocycles. The standard InChI is InChI=1S/C16H21N3O2/c1-4-13-10-17-19-16(13)18-15(20)8-9-21-14-7-5-6-11(2)12(14)3/h5-7,10H,4,8-9H2,1-3H3,(H2,17,18,19,20). The molecule has 2 N–H and O–H groups in total. The lowest BCUT2D eigenvalue weighted by atomic mass is 10.1. The number of carbonyl (C=O) groups is 1. The van der Waals surface area contributed by atoms with E-state index in [9.17, 15) is 4.79 Å². The van der Waals surface area contributed by atoms with Gasteiger partial charge >= 0.3 is 0 Å². The van der Waals surface area contributed by atoms with Crippen LogP contribution in [0, 0.1) is 13.8 Å². The van der Waals surface area contributed by atoms with Crippen LogP contribution in [0.1, 0.15) is 30.0 Å². The zero-order valence-electron chi connectivity index (χ0n) is 12.7. The second-order valence-electron chi connectivity index (χ2n) is 4.97. The first-order valence-corrected chi connectivity index (χ1v) is 7.13. The Labute approximate surface area is 124 Å². The van der Waals surface area contributed by atoms with Crippen LogP contribution >= 0.6 is 0 Å². The Hall–Kier alpha value is -2.30. The fourth-order valence-electron chi connectivity index (χ4n) is 2.02. The van der Waals surface area contributed by atoms with Gasteiger partial charge in [0, 0.05) is 5.56 Å². The number of aromatic amines is 1. The van der Waals surface area contributed by atoms with Crippen molar-refractivity contribution in [2.75, 3.05) is 11.9 Å². The second kappa shape index (κ2) is 6.92. The Balaban J connectivity index is 1.83. The number of ether oxygens (including phenoxy) is 1. The maximum absolute atomic E-state index is 11.9. The summed E-state index contributed by atoms with van der Waals surface area (Å²) in [5.41, 5.74) is 3.29. The Morgan fingerprint density at radius 3 is 2.95 bits per heavy atom. The van der Waals surface area contributed by atoms with Crippen molar-refractivity contribution in [1.82, 2.24) is 10.2 Å². The molecule has 0 radical (unpaired) electrons. The van der Waals surface area contributed by atoms with E-state index in [4.69, 9.17) is 4.74 Å². The smallest absolute Gasteiger partial charge is 0.228 e. The third-order valence-electron chi connectivity index (χ3n) is 3.50. The van der Waals surface area contributed by atoms with Crippen LogP contribution in [0.15, 0.2) is 24.4 Å². The summed E-state index contributed by atoms with van der Waals surface area (Å²) in [5, 5.41) is 9.53. The molecule has 0 saturated carbocycles. The van der Waals surface area contributed by atoms with Crippen LogP contribution in [0.4, 0.5) is 5.82 Å². The highest BCUT2D eigenvalue weighted by atomic mass is 16.5. The molecule has 0 fully saturated rings. The Kier molecular flexibility index (Phi) is 4.98. The number of aromatic nitrogens is 2. The minimum Gasteiger partial charge on any atom is -0.493 e. The van der Waals surface area contributed by atoms with E-state index < -0.39 is 0 Å². The first-order chi connectivity index (χ1) is 10.1. The molecular weight excluding hydrogens is 266 g/mol. The van der Waals surface area contributed by atoms with Crippen molar-refractivity contribution in [2.24, 2.45) is 0 Å². The summed E-state index contributed by atoms with van der Waals surface area (Å²) < 4.78 is 5.68. The number of rotatable bonds is 6. The number of amides is 1. The maximum atomic E-state index is 11.9. The Bertz CT molecular complexity index is 620. The maximum Gasteiger partial charge on any atom is 0.228 e. The first-order valence-electron chi connectivity index (χ1n) is 7.13. The van der Waals surface area contributed by atoms with Gasteiger partial charge in [-0.1, -0.05) is 19.1 Å². The van der Waals surface area contributed by atoms with Crippen molar-refractivity contribution >= 4 is 11.7 Å². The number of H-pyrrole nitrogens is 1. The molecule has 1 aromatic heterocycles. The summed E-state index contributed by atoms with van der Waals surface area (Å²) in [6, 6.07) is 5.92. The van der Waals surface area contributed by atoms with Gasteiger partial charge in [0.2, 0.25) is 5.91 Å². The number of nitrogens with one attached hydrogen (secondary N) is 2. The van der Waals surface area contributed by atoms with Crippen LogP contribution in [0.3, 0.4) is 0 Å². The lowest BCUT2D eigenvalue weighted by molar-refractivity contribution is -0.116. The number of nitrogens with zero attached hydrogens (tertiary/aromatic N) is 1. The van der Waals surface area contributed by atoms with Crippen molar-refractivity contribution < 1.29 is 9.53 Å². The monoisotopic (exact) mass is 287 g/mol. The summed E-state index contributed by atoms with van der Waals surface area (Å²) in [7, 11) is 0. The molecule has 1 aromatic carbocycles.